The first-order valence-electron chi connectivity index (χ1n) is 6.12. The van der Waals surface area contributed by atoms with E-state index in [1.165, 1.54) is 7.11 Å². The minimum Gasteiger partial charge on any atom is -0.480 e. The fourth-order valence-electron chi connectivity index (χ4n) is 1.43. The lowest BCUT2D eigenvalue weighted by molar-refractivity contribution is -0.141. The zero-order valence-corrected chi connectivity index (χ0v) is 12.0. The van der Waals surface area contributed by atoms with Crippen LogP contribution in [0.4, 0.5) is 0 Å². The van der Waals surface area contributed by atoms with Crippen molar-refractivity contribution in [3.05, 3.63) is 0 Å². The van der Waals surface area contributed by atoms with Crippen molar-refractivity contribution in [2.24, 2.45) is 0 Å². The molecule has 2 N–H and O–H groups in total. The topological polar surface area (TPSA) is 110 Å². The molecule has 0 radical (unpaired) electrons. The second kappa shape index (κ2) is 8.87. The van der Waals surface area contributed by atoms with E-state index >= 15 is 0 Å². The van der Waals surface area contributed by atoms with Crippen LogP contribution in [-0.4, -0.2) is 44.4 Å². The number of esters is 1. The Labute approximate surface area is 113 Å². The Balaban J connectivity index is 4.31. The van der Waals surface area contributed by atoms with Gasteiger partial charge in [0.15, 0.2) is 0 Å². The molecule has 0 bridgehead atoms. The number of carboxylic acid groups (broad SMARTS) is 1. The number of carbonyl (C=O) groups is 2. The van der Waals surface area contributed by atoms with Crippen LogP contribution in [0.2, 0.25) is 0 Å². The second-order valence-corrected chi connectivity index (χ2v) is 6.02. The number of nitrogens with one attached hydrogen (secondary N) is 1. The Bertz CT molecular complexity index is 392. The largest absolute Gasteiger partial charge is 0.480 e. The van der Waals surface area contributed by atoms with E-state index in [0.717, 1.165) is 6.42 Å². The summed E-state index contributed by atoms with van der Waals surface area (Å²) in [5, 5.41) is 8.91. The summed E-state index contributed by atoms with van der Waals surface area (Å²) in [6, 6.07) is -1.11. The van der Waals surface area contributed by atoms with Crippen molar-refractivity contribution < 1.29 is 27.9 Å². The van der Waals surface area contributed by atoms with Crippen molar-refractivity contribution in [2.75, 3.05) is 12.9 Å². The minimum absolute atomic E-state index is 0.00981. The monoisotopic (exact) mass is 295 g/mol. The van der Waals surface area contributed by atoms with Gasteiger partial charge >= 0.3 is 11.9 Å². The van der Waals surface area contributed by atoms with E-state index in [0.29, 0.717) is 6.42 Å². The molecule has 0 rings (SSSR count). The maximum atomic E-state index is 11.7. The maximum absolute atomic E-state index is 11.7. The third-order valence-electron chi connectivity index (χ3n) is 2.49. The summed E-state index contributed by atoms with van der Waals surface area (Å²) in [6.45, 7) is 1.89. The fraction of sp³-hybridized carbons (Fsp3) is 0.818. The van der Waals surface area contributed by atoms with Gasteiger partial charge < -0.3 is 9.84 Å². The number of aliphatic carboxylic acids is 1. The average molecular weight is 295 g/mol. The molecule has 0 aromatic rings. The molecule has 0 fully saturated rings. The van der Waals surface area contributed by atoms with Crippen LogP contribution in [0.3, 0.4) is 0 Å². The normalized spacial score (nSPS) is 12.9. The molecule has 8 heteroatoms. The third-order valence-corrected chi connectivity index (χ3v) is 3.96. The molecule has 19 heavy (non-hydrogen) atoms. The number of carboxylic acids is 1. The van der Waals surface area contributed by atoms with E-state index in [-0.39, 0.29) is 25.0 Å². The van der Waals surface area contributed by atoms with Gasteiger partial charge in [-0.05, 0) is 12.8 Å². The summed E-state index contributed by atoms with van der Waals surface area (Å²) in [7, 11) is -2.48. The van der Waals surface area contributed by atoms with E-state index in [4.69, 9.17) is 5.11 Å². The Kier molecular flexibility index (Phi) is 8.33. The molecule has 0 saturated heterocycles. The number of methoxy groups -OCH3 is 1. The van der Waals surface area contributed by atoms with Crippen LogP contribution < -0.4 is 4.72 Å². The minimum atomic E-state index is -3.70. The number of unbranched alkanes of at least 4 members (excludes halogenated alkanes) is 1. The van der Waals surface area contributed by atoms with Gasteiger partial charge in [0.25, 0.3) is 0 Å². The molecular formula is C11H21NO6S. The van der Waals surface area contributed by atoms with Gasteiger partial charge in [0.2, 0.25) is 10.0 Å². The molecule has 0 heterocycles. The van der Waals surface area contributed by atoms with E-state index in [1.807, 2.05) is 6.92 Å². The van der Waals surface area contributed by atoms with Crippen LogP contribution in [0, 0.1) is 0 Å². The lowest BCUT2D eigenvalue weighted by Gasteiger charge is -2.14. The van der Waals surface area contributed by atoms with Gasteiger partial charge in [0, 0.05) is 6.42 Å². The summed E-state index contributed by atoms with van der Waals surface area (Å²) in [4.78, 5) is 21.7. The zero-order valence-electron chi connectivity index (χ0n) is 11.2. The Hall–Kier alpha value is -1.15. The lowest BCUT2D eigenvalue weighted by atomic mass is 10.1. The van der Waals surface area contributed by atoms with Gasteiger partial charge in [0.05, 0.1) is 12.9 Å². The van der Waals surface area contributed by atoms with Gasteiger partial charge in [-0.15, -0.1) is 0 Å². The smallest absolute Gasteiger partial charge is 0.321 e. The highest BCUT2D eigenvalue weighted by Gasteiger charge is 2.23. The van der Waals surface area contributed by atoms with Crippen LogP contribution in [0.15, 0.2) is 0 Å². The maximum Gasteiger partial charge on any atom is 0.321 e. The summed E-state index contributed by atoms with van der Waals surface area (Å²) < 4.78 is 29.8. The number of ether oxygens (including phenoxy) is 1. The van der Waals surface area contributed by atoms with Gasteiger partial charge in [-0.3, -0.25) is 9.59 Å². The van der Waals surface area contributed by atoms with E-state index in [9.17, 15) is 18.0 Å². The standard InChI is InChI=1S/C11H21NO6S/c1-3-4-6-9(11(14)15)12-19(16,17)8-5-7-10(13)18-2/h9,12H,3-8H2,1-2H3,(H,14,15)/t9-/m0/s1. The number of hydrogen-bond acceptors (Lipinski definition) is 5. The third kappa shape index (κ3) is 8.55. The molecule has 0 aliphatic carbocycles. The molecule has 0 aromatic heterocycles. The van der Waals surface area contributed by atoms with Gasteiger partial charge in [0.1, 0.15) is 6.04 Å². The molecule has 0 aliphatic heterocycles. The number of carbonyl (C=O) groups excluding carboxylic acids is 1. The molecule has 0 amide bonds. The first-order chi connectivity index (χ1) is 8.82. The van der Waals surface area contributed by atoms with Gasteiger partial charge in [-0.25, -0.2) is 13.1 Å². The van der Waals surface area contributed by atoms with Crippen molar-refractivity contribution in [3.8, 4) is 0 Å². The second-order valence-electron chi connectivity index (χ2n) is 4.15. The molecule has 0 unspecified atom stereocenters. The quantitative estimate of drug-likeness (QED) is 0.568. The van der Waals surface area contributed by atoms with Gasteiger partial charge in [-0.2, -0.15) is 0 Å². The van der Waals surface area contributed by atoms with E-state index < -0.39 is 28.0 Å². The van der Waals surface area contributed by atoms with Crippen LogP contribution >= 0.6 is 0 Å². The van der Waals surface area contributed by atoms with Crippen LogP contribution in [0.1, 0.15) is 39.0 Å². The van der Waals surface area contributed by atoms with Crippen LogP contribution in [-0.2, 0) is 24.3 Å². The van der Waals surface area contributed by atoms with Crippen molar-refractivity contribution in [2.45, 2.75) is 45.1 Å². The Morgan fingerprint density at radius 2 is 1.95 bits per heavy atom. The highest BCUT2D eigenvalue weighted by atomic mass is 32.2. The Morgan fingerprint density at radius 3 is 2.42 bits per heavy atom. The number of rotatable bonds is 10. The number of hydrogen-bond donors (Lipinski definition) is 2. The highest BCUT2D eigenvalue weighted by Crippen LogP contribution is 2.04. The fourth-order valence-corrected chi connectivity index (χ4v) is 2.72. The lowest BCUT2D eigenvalue weighted by Crippen LogP contribution is -2.41. The van der Waals surface area contributed by atoms with Gasteiger partial charge in [-0.1, -0.05) is 19.8 Å². The molecular weight excluding hydrogens is 274 g/mol. The van der Waals surface area contributed by atoms with Crippen molar-refractivity contribution in [1.29, 1.82) is 0 Å². The zero-order chi connectivity index (χ0) is 14.9. The summed E-state index contributed by atoms with van der Waals surface area (Å²) >= 11 is 0. The van der Waals surface area contributed by atoms with Crippen molar-refractivity contribution in [1.82, 2.24) is 4.72 Å². The first kappa shape index (κ1) is 17.8. The average Bonchev–Trinajstić information content (AvgIpc) is 2.33. The summed E-state index contributed by atoms with van der Waals surface area (Å²) in [5.41, 5.74) is 0. The molecule has 112 valence electrons. The number of sulfonamides is 1. The molecule has 0 spiro atoms. The predicted octanol–water partition coefficient (Wildman–Crippen LogP) is 0.502. The van der Waals surface area contributed by atoms with Crippen LogP contribution in [0.25, 0.3) is 0 Å². The summed E-state index contributed by atoms with van der Waals surface area (Å²) in [6.07, 6.45) is 1.75. The highest BCUT2D eigenvalue weighted by molar-refractivity contribution is 7.89. The SMILES string of the molecule is CCCC[C@H](NS(=O)(=O)CCCC(=O)OC)C(=O)O. The molecule has 0 saturated carbocycles. The predicted molar refractivity (Wildman–Crippen MR) is 69.1 cm³/mol. The van der Waals surface area contributed by atoms with Crippen LogP contribution in [0.5, 0.6) is 0 Å². The molecule has 1 atom stereocenters. The molecule has 0 aliphatic rings. The van der Waals surface area contributed by atoms with E-state index in [1.54, 1.807) is 0 Å². The molecule has 0 aromatic carbocycles. The van der Waals surface area contributed by atoms with Crippen molar-refractivity contribution >= 4 is 22.0 Å². The van der Waals surface area contributed by atoms with Crippen molar-refractivity contribution in [3.63, 3.8) is 0 Å². The summed E-state index contributed by atoms with van der Waals surface area (Å²) in [5.74, 6) is -1.97. The molecule has 7 nitrogen and oxygen atoms in total. The Morgan fingerprint density at radius 1 is 1.32 bits per heavy atom. The van der Waals surface area contributed by atoms with E-state index in [2.05, 4.69) is 9.46 Å². The first-order valence-corrected chi connectivity index (χ1v) is 7.77.